The van der Waals surface area contributed by atoms with Gasteiger partial charge in [0.15, 0.2) is 0 Å². The molecule has 1 saturated heterocycles. The molecule has 0 radical (unpaired) electrons. The molecule has 20 heavy (non-hydrogen) atoms. The van der Waals surface area contributed by atoms with E-state index in [1.807, 2.05) is 0 Å². The third-order valence-electron chi connectivity index (χ3n) is 5.27. The van der Waals surface area contributed by atoms with Gasteiger partial charge in [-0.15, -0.1) is 0 Å². The van der Waals surface area contributed by atoms with Gasteiger partial charge in [0.25, 0.3) is 0 Å². The minimum atomic E-state index is 0.292. The smallest absolute Gasteiger partial charge is 0.0521 e. The largest absolute Gasteiger partial charge is 0.247 e. The molecule has 0 amide bonds. The van der Waals surface area contributed by atoms with E-state index in [1.165, 1.54) is 36.8 Å². The Kier molecular flexibility index (Phi) is 3.64. The standard InChI is InChI=1S/C18H28N2/c1-13-8-7-9-14(2)20(13)19-17-16-11-6-5-10-15(16)12-18(17,3)4/h5-6,10-11,13-14,17,19H,7-9,12H2,1-4H3. The summed E-state index contributed by atoms with van der Waals surface area (Å²) >= 11 is 0. The Morgan fingerprint density at radius 3 is 2.45 bits per heavy atom. The molecule has 1 fully saturated rings. The highest BCUT2D eigenvalue weighted by Crippen LogP contribution is 2.45. The van der Waals surface area contributed by atoms with E-state index in [-0.39, 0.29) is 0 Å². The number of nitrogens with zero attached hydrogens (tertiary/aromatic N) is 1. The molecule has 0 bridgehead atoms. The second kappa shape index (κ2) is 5.16. The maximum atomic E-state index is 3.90. The Morgan fingerprint density at radius 2 is 1.75 bits per heavy atom. The third-order valence-corrected chi connectivity index (χ3v) is 5.27. The number of rotatable bonds is 2. The summed E-state index contributed by atoms with van der Waals surface area (Å²) in [6.45, 7) is 9.50. The molecule has 1 N–H and O–H groups in total. The number of benzene rings is 1. The average molecular weight is 272 g/mol. The van der Waals surface area contributed by atoms with E-state index in [2.05, 4.69) is 62.4 Å². The van der Waals surface area contributed by atoms with Gasteiger partial charge >= 0.3 is 0 Å². The maximum absolute atomic E-state index is 3.90. The van der Waals surface area contributed by atoms with E-state index in [4.69, 9.17) is 0 Å². The van der Waals surface area contributed by atoms with Crippen LogP contribution >= 0.6 is 0 Å². The summed E-state index contributed by atoms with van der Waals surface area (Å²) < 4.78 is 0. The van der Waals surface area contributed by atoms with E-state index in [9.17, 15) is 0 Å². The highest BCUT2D eigenvalue weighted by atomic mass is 15.5. The van der Waals surface area contributed by atoms with Crippen molar-refractivity contribution in [3.8, 4) is 0 Å². The highest BCUT2D eigenvalue weighted by molar-refractivity contribution is 5.37. The number of hydrogen-bond acceptors (Lipinski definition) is 2. The van der Waals surface area contributed by atoms with Crippen molar-refractivity contribution < 1.29 is 0 Å². The van der Waals surface area contributed by atoms with Gasteiger partial charge in [0, 0.05) is 12.1 Å². The van der Waals surface area contributed by atoms with Crippen molar-refractivity contribution in [2.45, 2.75) is 71.5 Å². The Hall–Kier alpha value is -0.860. The molecule has 2 aliphatic rings. The van der Waals surface area contributed by atoms with E-state index < -0.39 is 0 Å². The lowest BCUT2D eigenvalue weighted by Gasteiger charge is -2.43. The molecular formula is C18H28N2. The molecular weight excluding hydrogens is 244 g/mol. The van der Waals surface area contributed by atoms with Gasteiger partial charge in [-0.2, -0.15) is 0 Å². The number of nitrogens with one attached hydrogen (secondary N) is 1. The van der Waals surface area contributed by atoms with Crippen LogP contribution in [-0.4, -0.2) is 17.1 Å². The number of hydrogen-bond donors (Lipinski definition) is 1. The van der Waals surface area contributed by atoms with Crippen LogP contribution in [0.2, 0.25) is 0 Å². The summed E-state index contributed by atoms with van der Waals surface area (Å²) in [6.07, 6.45) is 5.17. The lowest BCUT2D eigenvalue weighted by Crippen LogP contribution is -2.54. The minimum Gasteiger partial charge on any atom is -0.247 e. The Bertz CT molecular complexity index is 470. The van der Waals surface area contributed by atoms with Gasteiger partial charge in [0.05, 0.1) is 6.04 Å². The van der Waals surface area contributed by atoms with Crippen molar-refractivity contribution in [1.82, 2.24) is 10.4 Å². The van der Waals surface area contributed by atoms with E-state index >= 15 is 0 Å². The van der Waals surface area contributed by atoms with Gasteiger partial charge < -0.3 is 0 Å². The summed E-state index contributed by atoms with van der Waals surface area (Å²) in [5, 5.41) is 2.53. The van der Waals surface area contributed by atoms with Crippen molar-refractivity contribution >= 4 is 0 Å². The van der Waals surface area contributed by atoms with Crippen LogP contribution in [0.5, 0.6) is 0 Å². The molecule has 3 atom stereocenters. The summed E-state index contributed by atoms with van der Waals surface area (Å²) in [5.41, 5.74) is 7.21. The zero-order chi connectivity index (χ0) is 14.3. The van der Waals surface area contributed by atoms with Crippen LogP contribution in [0.3, 0.4) is 0 Å². The molecule has 0 saturated carbocycles. The molecule has 0 spiro atoms. The molecule has 1 aliphatic heterocycles. The molecule has 110 valence electrons. The first-order valence-electron chi connectivity index (χ1n) is 8.11. The first kappa shape index (κ1) is 14.1. The van der Waals surface area contributed by atoms with Crippen LogP contribution < -0.4 is 5.43 Å². The predicted octanol–water partition coefficient (Wildman–Crippen LogP) is 4.08. The van der Waals surface area contributed by atoms with Crippen molar-refractivity contribution in [3.63, 3.8) is 0 Å². The Morgan fingerprint density at radius 1 is 1.10 bits per heavy atom. The topological polar surface area (TPSA) is 15.3 Å². The molecule has 2 nitrogen and oxygen atoms in total. The summed E-state index contributed by atoms with van der Waals surface area (Å²) in [4.78, 5) is 0. The normalized spacial score (nSPS) is 33.1. The molecule has 0 aromatic heterocycles. The fourth-order valence-corrected chi connectivity index (χ4v) is 4.06. The zero-order valence-electron chi connectivity index (χ0n) is 13.3. The molecule has 1 heterocycles. The second-order valence-corrected chi connectivity index (χ2v) is 7.46. The van der Waals surface area contributed by atoms with Crippen LogP contribution in [0.1, 0.15) is 64.1 Å². The molecule has 3 rings (SSSR count). The lowest BCUT2D eigenvalue weighted by atomic mass is 9.85. The SMILES string of the molecule is CC1CCCC(C)N1NC1c2ccccc2CC1(C)C. The summed E-state index contributed by atoms with van der Waals surface area (Å²) in [6, 6.07) is 10.7. The van der Waals surface area contributed by atoms with Gasteiger partial charge in [0.2, 0.25) is 0 Å². The Balaban J connectivity index is 1.85. The first-order chi connectivity index (χ1) is 9.49. The molecule has 1 aliphatic carbocycles. The van der Waals surface area contributed by atoms with E-state index in [0.29, 0.717) is 23.5 Å². The highest BCUT2D eigenvalue weighted by Gasteiger charge is 2.41. The third kappa shape index (κ3) is 2.40. The number of fused-ring (bicyclic) bond motifs is 1. The van der Waals surface area contributed by atoms with Crippen LogP contribution in [0.25, 0.3) is 0 Å². The van der Waals surface area contributed by atoms with Crippen molar-refractivity contribution in [2.75, 3.05) is 0 Å². The first-order valence-corrected chi connectivity index (χ1v) is 8.11. The Labute approximate surface area is 123 Å². The molecule has 1 aromatic carbocycles. The maximum Gasteiger partial charge on any atom is 0.0521 e. The van der Waals surface area contributed by atoms with Gasteiger partial charge in [-0.25, -0.2) is 10.4 Å². The monoisotopic (exact) mass is 272 g/mol. The van der Waals surface area contributed by atoms with Crippen LogP contribution in [-0.2, 0) is 6.42 Å². The molecule has 3 unspecified atom stereocenters. The number of hydrazine groups is 1. The molecule has 2 heteroatoms. The van der Waals surface area contributed by atoms with Crippen molar-refractivity contribution in [1.29, 1.82) is 0 Å². The van der Waals surface area contributed by atoms with Gasteiger partial charge in [-0.1, -0.05) is 44.5 Å². The van der Waals surface area contributed by atoms with Gasteiger partial charge in [-0.3, -0.25) is 0 Å². The quantitative estimate of drug-likeness (QED) is 0.873. The van der Waals surface area contributed by atoms with Crippen molar-refractivity contribution in [2.24, 2.45) is 5.41 Å². The fraction of sp³-hybridized carbons (Fsp3) is 0.667. The van der Waals surface area contributed by atoms with Crippen LogP contribution in [0.4, 0.5) is 0 Å². The zero-order valence-corrected chi connectivity index (χ0v) is 13.3. The van der Waals surface area contributed by atoms with Gasteiger partial charge in [-0.05, 0) is 49.7 Å². The minimum absolute atomic E-state index is 0.292. The van der Waals surface area contributed by atoms with E-state index in [0.717, 1.165) is 0 Å². The van der Waals surface area contributed by atoms with E-state index in [1.54, 1.807) is 0 Å². The van der Waals surface area contributed by atoms with Crippen molar-refractivity contribution in [3.05, 3.63) is 35.4 Å². The lowest BCUT2D eigenvalue weighted by molar-refractivity contribution is 0.00860. The van der Waals surface area contributed by atoms with Crippen LogP contribution in [0, 0.1) is 5.41 Å². The summed E-state index contributed by atoms with van der Waals surface area (Å²) in [7, 11) is 0. The summed E-state index contributed by atoms with van der Waals surface area (Å²) in [5.74, 6) is 0. The number of piperidine rings is 1. The predicted molar refractivity (Wildman–Crippen MR) is 84.4 cm³/mol. The van der Waals surface area contributed by atoms with Gasteiger partial charge in [0.1, 0.15) is 0 Å². The van der Waals surface area contributed by atoms with Crippen LogP contribution in [0.15, 0.2) is 24.3 Å². The average Bonchev–Trinajstić information content (AvgIpc) is 2.64. The second-order valence-electron chi connectivity index (χ2n) is 7.46. The molecule has 1 aromatic rings. The fourth-order valence-electron chi connectivity index (χ4n) is 4.06.